The molecular weight excluding hydrogens is 244 g/mol. The van der Waals surface area contributed by atoms with Crippen LogP contribution in [0.5, 0.6) is 11.5 Å². The minimum atomic E-state index is -0.864. The zero-order valence-electron chi connectivity index (χ0n) is 8.72. The van der Waals surface area contributed by atoms with Gasteiger partial charge >= 0.3 is 0 Å². The molecule has 2 heterocycles. The van der Waals surface area contributed by atoms with Crippen LogP contribution < -0.4 is 9.47 Å². The van der Waals surface area contributed by atoms with Crippen molar-refractivity contribution in [2.45, 2.75) is 6.10 Å². The first-order chi connectivity index (χ1) is 8.25. The van der Waals surface area contributed by atoms with Crippen molar-refractivity contribution < 1.29 is 19.0 Å². The molecule has 1 aromatic heterocycles. The molecule has 1 aliphatic rings. The van der Waals surface area contributed by atoms with Crippen LogP contribution >= 0.6 is 11.6 Å². The number of benzene rings is 1. The zero-order valence-corrected chi connectivity index (χ0v) is 9.48. The molecule has 3 rings (SSSR count). The minimum absolute atomic E-state index is 0.148. The molecule has 0 fully saturated rings. The summed E-state index contributed by atoms with van der Waals surface area (Å²) in [5.41, 5.74) is 0.606. The lowest BCUT2D eigenvalue weighted by atomic mass is 10.1. The predicted molar refractivity (Wildman–Crippen MR) is 60.3 cm³/mol. The number of hydrogen-bond donors (Lipinski definition) is 1. The van der Waals surface area contributed by atoms with Crippen molar-refractivity contribution in [1.82, 2.24) is 0 Å². The van der Waals surface area contributed by atoms with Crippen LogP contribution in [0.25, 0.3) is 0 Å². The van der Waals surface area contributed by atoms with Gasteiger partial charge in [-0.15, -0.1) is 0 Å². The Kier molecular flexibility index (Phi) is 2.46. The largest absolute Gasteiger partial charge is 0.466 e. The molecule has 0 spiro atoms. The summed E-state index contributed by atoms with van der Waals surface area (Å²) in [7, 11) is 0. The summed E-state index contributed by atoms with van der Waals surface area (Å²) >= 11 is 6.03. The SMILES string of the molecule is OC(c1cc(Cl)c2c(c1)OCO2)c1ccco1. The van der Waals surface area contributed by atoms with Gasteiger partial charge in [0.05, 0.1) is 11.3 Å². The van der Waals surface area contributed by atoms with Crippen molar-refractivity contribution in [2.24, 2.45) is 0 Å². The summed E-state index contributed by atoms with van der Waals surface area (Å²) in [6, 6.07) is 6.75. The lowest BCUT2D eigenvalue weighted by Gasteiger charge is -2.09. The van der Waals surface area contributed by atoms with Crippen LogP contribution in [0, 0.1) is 0 Å². The average molecular weight is 253 g/mol. The average Bonchev–Trinajstić information content (AvgIpc) is 2.98. The van der Waals surface area contributed by atoms with E-state index in [4.69, 9.17) is 25.5 Å². The van der Waals surface area contributed by atoms with Crippen LogP contribution in [0.3, 0.4) is 0 Å². The molecule has 1 unspecified atom stereocenters. The Morgan fingerprint density at radius 1 is 1.29 bits per heavy atom. The Labute approximate surface area is 102 Å². The van der Waals surface area contributed by atoms with Gasteiger partial charge in [-0.25, -0.2) is 0 Å². The fourth-order valence-electron chi connectivity index (χ4n) is 1.76. The summed E-state index contributed by atoms with van der Waals surface area (Å²) in [6.07, 6.45) is 0.643. The van der Waals surface area contributed by atoms with E-state index in [1.54, 1.807) is 24.3 Å². The number of hydrogen-bond acceptors (Lipinski definition) is 4. The number of rotatable bonds is 2. The standard InChI is InChI=1S/C12H9ClO4/c13-8-4-7(5-10-12(8)17-6-16-10)11(14)9-2-1-3-15-9/h1-5,11,14H,6H2. The Morgan fingerprint density at radius 3 is 2.94 bits per heavy atom. The first-order valence-corrected chi connectivity index (χ1v) is 5.44. The van der Waals surface area contributed by atoms with E-state index in [9.17, 15) is 5.11 Å². The van der Waals surface area contributed by atoms with Crippen LogP contribution in [0.2, 0.25) is 5.02 Å². The second kappa shape index (κ2) is 3.98. The first-order valence-electron chi connectivity index (χ1n) is 5.06. The molecular formula is C12H9ClO4. The summed E-state index contributed by atoms with van der Waals surface area (Å²) in [5, 5.41) is 10.5. The van der Waals surface area contributed by atoms with E-state index >= 15 is 0 Å². The second-order valence-electron chi connectivity index (χ2n) is 3.65. The highest BCUT2D eigenvalue weighted by Gasteiger charge is 2.22. The smallest absolute Gasteiger partial charge is 0.231 e. The van der Waals surface area contributed by atoms with Crippen molar-refractivity contribution in [3.05, 3.63) is 46.9 Å². The Hall–Kier alpha value is -1.65. The molecule has 1 N–H and O–H groups in total. The van der Waals surface area contributed by atoms with E-state index in [0.717, 1.165) is 0 Å². The minimum Gasteiger partial charge on any atom is -0.466 e. The summed E-state index contributed by atoms with van der Waals surface area (Å²) in [6.45, 7) is 0.148. The molecule has 5 heteroatoms. The molecule has 17 heavy (non-hydrogen) atoms. The predicted octanol–water partition coefficient (Wildman–Crippen LogP) is 2.74. The molecule has 0 amide bonds. The maximum absolute atomic E-state index is 10.1. The highest BCUT2D eigenvalue weighted by atomic mass is 35.5. The van der Waals surface area contributed by atoms with Gasteiger partial charge in [0.15, 0.2) is 11.5 Å². The molecule has 0 aliphatic carbocycles. The summed E-state index contributed by atoms with van der Waals surface area (Å²) in [4.78, 5) is 0. The molecule has 1 atom stereocenters. The molecule has 0 radical (unpaired) electrons. The fraction of sp³-hybridized carbons (Fsp3) is 0.167. The number of fused-ring (bicyclic) bond motifs is 1. The quantitative estimate of drug-likeness (QED) is 0.893. The number of aliphatic hydroxyl groups is 1. The van der Waals surface area contributed by atoms with Gasteiger partial charge in [0.1, 0.15) is 11.9 Å². The number of aliphatic hydroxyl groups excluding tert-OH is 1. The first kappa shape index (κ1) is 10.5. The third-order valence-electron chi connectivity index (χ3n) is 2.58. The van der Waals surface area contributed by atoms with Gasteiger partial charge in [-0.1, -0.05) is 11.6 Å². The summed E-state index contributed by atoms with van der Waals surface area (Å²) < 4.78 is 15.6. The van der Waals surface area contributed by atoms with Gasteiger partial charge in [0, 0.05) is 0 Å². The normalized spacial score (nSPS) is 14.9. The third kappa shape index (κ3) is 1.75. The Bertz CT molecular complexity index is 536. The second-order valence-corrected chi connectivity index (χ2v) is 4.06. The van der Waals surface area contributed by atoms with Gasteiger partial charge in [-0.2, -0.15) is 0 Å². The molecule has 4 nitrogen and oxygen atoms in total. The molecule has 2 aromatic rings. The van der Waals surface area contributed by atoms with E-state index in [0.29, 0.717) is 27.8 Å². The van der Waals surface area contributed by atoms with E-state index in [1.807, 2.05) is 0 Å². The maximum atomic E-state index is 10.1. The third-order valence-corrected chi connectivity index (χ3v) is 2.86. The van der Waals surface area contributed by atoms with Crippen LogP contribution in [0.4, 0.5) is 0 Å². The highest BCUT2D eigenvalue weighted by Crippen LogP contribution is 2.41. The molecule has 0 saturated heterocycles. The van der Waals surface area contributed by atoms with Gasteiger partial charge in [0.2, 0.25) is 6.79 Å². The molecule has 88 valence electrons. The highest BCUT2D eigenvalue weighted by molar-refractivity contribution is 6.32. The van der Waals surface area contributed by atoms with Crippen molar-refractivity contribution in [2.75, 3.05) is 6.79 Å². The van der Waals surface area contributed by atoms with Gasteiger partial charge in [-0.05, 0) is 29.8 Å². The monoisotopic (exact) mass is 252 g/mol. The maximum Gasteiger partial charge on any atom is 0.231 e. The van der Waals surface area contributed by atoms with E-state index in [1.165, 1.54) is 6.26 Å². The number of halogens is 1. The fourth-order valence-corrected chi connectivity index (χ4v) is 2.03. The number of ether oxygens (including phenoxy) is 2. The van der Waals surface area contributed by atoms with Crippen molar-refractivity contribution >= 4 is 11.6 Å². The Balaban J connectivity index is 2.02. The van der Waals surface area contributed by atoms with Gasteiger partial charge in [-0.3, -0.25) is 0 Å². The lowest BCUT2D eigenvalue weighted by molar-refractivity contribution is 0.173. The number of furan rings is 1. The van der Waals surface area contributed by atoms with Crippen LogP contribution in [0.15, 0.2) is 34.9 Å². The van der Waals surface area contributed by atoms with Crippen molar-refractivity contribution in [3.63, 3.8) is 0 Å². The van der Waals surface area contributed by atoms with E-state index < -0.39 is 6.10 Å². The lowest BCUT2D eigenvalue weighted by Crippen LogP contribution is -1.98. The molecule has 0 bridgehead atoms. The zero-order chi connectivity index (χ0) is 11.8. The van der Waals surface area contributed by atoms with Crippen molar-refractivity contribution in [3.8, 4) is 11.5 Å². The van der Waals surface area contributed by atoms with Crippen LogP contribution in [-0.4, -0.2) is 11.9 Å². The van der Waals surface area contributed by atoms with Crippen LogP contribution in [0.1, 0.15) is 17.4 Å². The van der Waals surface area contributed by atoms with Gasteiger partial charge < -0.3 is 19.0 Å². The van der Waals surface area contributed by atoms with E-state index in [2.05, 4.69) is 0 Å². The topological polar surface area (TPSA) is 51.8 Å². The molecule has 1 aromatic carbocycles. The van der Waals surface area contributed by atoms with Gasteiger partial charge in [0.25, 0.3) is 0 Å². The van der Waals surface area contributed by atoms with E-state index in [-0.39, 0.29) is 6.79 Å². The molecule has 1 aliphatic heterocycles. The Morgan fingerprint density at radius 2 is 2.18 bits per heavy atom. The van der Waals surface area contributed by atoms with Crippen molar-refractivity contribution in [1.29, 1.82) is 0 Å². The molecule has 0 saturated carbocycles. The summed E-state index contributed by atoms with van der Waals surface area (Å²) in [5.74, 6) is 1.51. The van der Waals surface area contributed by atoms with Crippen LogP contribution in [-0.2, 0) is 0 Å².